The smallest absolute Gasteiger partial charge is 0.123 e. The monoisotopic (exact) mass is 203 g/mol. The van der Waals surface area contributed by atoms with Crippen molar-refractivity contribution in [3.8, 4) is 5.75 Å². The van der Waals surface area contributed by atoms with E-state index >= 15 is 0 Å². The standard InChI is InChI=1S/C13H17NO/c1-4-10(5-2)11-7-6-8-13(15-3)12(11)9-14/h4-8H,1,9,14H2,2-3H3/b10-5+. The molecule has 2 nitrogen and oxygen atoms in total. The number of rotatable bonds is 4. The third kappa shape index (κ3) is 2.28. The zero-order valence-corrected chi connectivity index (χ0v) is 9.29. The van der Waals surface area contributed by atoms with Crippen LogP contribution in [0.2, 0.25) is 0 Å². The normalized spacial score (nSPS) is 11.3. The average molecular weight is 203 g/mol. The maximum atomic E-state index is 5.73. The first-order valence-corrected chi connectivity index (χ1v) is 4.93. The Morgan fingerprint density at radius 2 is 2.27 bits per heavy atom. The summed E-state index contributed by atoms with van der Waals surface area (Å²) < 4.78 is 5.27. The number of ether oxygens (including phenoxy) is 1. The van der Waals surface area contributed by atoms with E-state index in [2.05, 4.69) is 6.58 Å². The fourth-order valence-electron chi connectivity index (χ4n) is 1.62. The Morgan fingerprint density at radius 1 is 1.53 bits per heavy atom. The molecule has 0 aliphatic carbocycles. The first kappa shape index (κ1) is 11.5. The molecule has 2 heteroatoms. The fourth-order valence-corrected chi connectivity index (χ4v) is 1.62. The zero-order chi connectivity index (χ0) is 11.3. The molecule has 0 saturated carbocycles. The molecule has 15 heavy (non-hydrogen) atoms. The molecule has 1 rings (SSSR count). The van der Waals surface area contributed by atoms with E-state index in [0.717, 1.165) is 22.4 Å². The van der Waals surface area contributed by atoms with Crippen molar-refractivity contribution in [2.75, 3.05) is 7.11 Å². The predicted molar refractivity (Wildman–Crippen MR) is 64.7 cm³/mol. The van der Waals surface area contributed by atoms with Crippen molar-refractivity contribution in [2.45, 2.75) is 13.5 Å². The molecule has 0 aliphatic rings. The summed E-state index contributed by atoms with van der Waals surface area (Å²) in [5.41, 5.74) is 8.92. The Bertz CT molecular complexity index is 380. The Labute approximate surface area is 91.1 Å². The van der Waals surface area contributed by atoms with E-state index in [4.69, 9.17) is 10.5 Å². The molecule has 0 aromatic heterocycles. The molecule has 0 radical (unpaired) electrons. The van der Waals surface area contributed by atoms with Crippen LogP contribution < -0.4 is 10.5 Å². The molecule has 1 aromatic rings. The van der Waals surface area contributed by atoms with Gasteiger partial charge in [-0.3, -0.25) is 0 Å². The van der Waals surface area contributed by atoms with Gasteiger partial charge < -0.3 is 10.5 Å². The number of benzene rings is 1. The molecular weight excluding hydrogens is 186 g/mol. The zero-order valence-electron chi connectivity index (χ0n) is 9.29. The lowest BCUT2D eigenvalue weighted by Gasteiger charge is -2.12. The molecule has 0 aliphatic heterocycles. The molecule has 0 atom stereocenters. The molecule has 2 N–H and O–H groups in total. The summed E-state index contributed by atoms with van der Waals surface area (Å²) >= 11 is 0. The van der Waals surface area contributed by atoms with E-state index in [-0.39, 0.29) is 0 Å². The van der Waals surface area contributed by atoms with Crippen LogP contribution in [0.1, 0.15) is 18.1 Å². The summed E-state index contributed by atoms with van der Waals surface area (Å²) in [4.78, 5) is 0. The molecule has 0 amide bonds. The highest BCUT2D eigenvalue weighted by atomic mass is 16.5. The van der Waals surface area contributed by atoms with Gasteiger partial charge in [-0.25, -0.2) is 0 Å². The van der Waals surface area contributed by atoms with Crippen LogP contribution in [0.25, 0.3) is 5.57 Å². The molecule has 0 heterocycles. The van der Waals surface area contributed by atoms with Gasteiger partial charge in [-0.05, 0) is 24.1 Å². The molecule has 0 unspecified atom stereocenters. The highest BCUT2D eigenvalue weighted by Gasteiger charge is 2.08. The van der Waals surface area contributed by atoms with E-state index in [1.54, 1.807) is 7.11 Å². The number of hydrogen-bond donors (Lipinski definition) is 1. The summed E-state index contributed by atoms with van der Waals surface area (Å²) in [7, 11) is 1.65. The summed E-state index contributed by atoms with van der Waals surface area (Å²) in [6, 6.07) is 5.91. The predicted octanol–water partition coefficient (Wildman–Crippen LogP) is 2.74. The van der Waals surface area contributed by atoms with E-state index in [0.29, 0.717) is 6.54 Å². The van der Waals surface area contributed by atoms with Crippen LogP contribution in [-0.2, 0) is 6.54 Å². The Balaban J connectivity index is 3.34. The summed E-state index contributed by atoms with van der Waals surface area (Å²) in [6.07, 6.45) is 3.84. The van der Waals surface area contributed by atoms with Crippen LogP contribution in [0, 0.1) is 0 Å². The summed E-state index contributed by atoms with van der Waals surface area (Å²) in [6.45, 7) is 6.23. The lowest BCUT2D eigenvalue weighted by Crippen LogP contribution is -2.03. The summed E-state index contributed by atoms with van der Waals surface area (Å²) in [5.74, 6) is 0.830. The maximum absolute atomic E-state index is 5.73. The molecule has 0 saturated heterocycles. The Hall–Kier alpha value is -1.54. The molecule has 0 spiro atoms. The largest absolute Gasteiger partial charge is 0.496 e. The van der Waals surface area contributed by atoms with Gasteiger partial charge in [-0.1, -0.05) is 30.9 Å². The van der Waals surface area contributed by atoms with Crippen molar-refractivity contribution < 1.29 is 4.74 Å². The lowest BCUT2D eigenvalue weighted by atomic mass is 9.98. The van der Waals surface area contributed by atoms with Crippen molar-refractivity contribution in [1.82, 2.24) is 0 Å². The van der Waals surface area contributed by atoms with Crippen molar-refractivity contribution >= 4 is 5.57 Å². The van der Waals surface area contributed by atoms with Gasteiger partial charge in [-0.2, -0.15) is 0 Å². The molecule has 80 valence electrons. The minimum Gasteiger partial charge on any atom is -0.496 e. The molecular formula is C13H17NO. The highest BCUT2D eigenvalue weighted by molar-refractivity contribution is 5.76. The number of hydrogen-bond acceptors (Lipinski definition) is 2. The van der Waals surface area contributed by atoms with Gasteiger partial charge in [0.05, 0.1) is 7.11 Å². The number of allylic oxidation sites excluding steroid dienone is 3. The van der Waals surface area contributed by atoms with E-state index in [9.17, 15) is 0 Å². The van der Waals surface area contributed by atoms with Gasteiger partial charge in [0.1, 0.15) is 5.75 Å². The molecule has 0 fully saturated rings. The summed E-state index contributed by atoms with van der Waals surface area (Å²) in [5, 5.41) is 0. The van der Waals surface area contributed by atoms with Crippen molar-refractivity contribution in [1.29, 1.82) is 0 Å². The Morgan fingerprint density at radius 3 is 2.73 bits per heavy atom. The Kier molecular flexibility index (Phi) is 4.13. The second-order valence-corrected chi connectivity index (χ2v) is 3.14. The van der Waals surface area contributed by atoms with Gasteiger partial charge in [0.25, 0.3) is 0 Å². The van der Waals surface area contributed by atoms with Gasteiger partial charge >= 0.3 is 0 Å². The van der Waals surface area contributed by atoms with Crippen molar-refractivity contribution in [3.05, 3.63) is 48.1 Å². The van der Waals surface area contributed by atoms with E-state index < -0.39 is 0 Å². The first-order valence-electron chi connectivity index (χ1n) is 4.93. The topological polar surface area (TPSA) is 35.2 Å². The van der Waals surface area contributed by atoms with Gasteiger partial charge in [0.2, 0.25) is 0 Å². The average Bonchev–Trinajstić information content (AvgIpc) is 2.30. The quantitative estimate of drug-likeness (QED) is 0.764. The molecule has 0 bridgehead atoms. The van der Waals surface area contributed by atoms with Crippen LogP contribution >= 0.6 is 0 Å². The van der Waals surface area contributed by atoms with Gasteiger partial charge in [0, 0.05) is 12.1 Å². The maximum Gasteiger partial charge on any atom is 0.123 e. The van der Waals surface area contributed by atoms with Gasteiger partial charge in [-0.15, -0.1) is 0 Å². The van der Waals surface area contributed by atoms with Crippen molar-refractivity contribution in [3.63, 3.8) is 0 Å². The minimum absolute atomic E-state index is 0.463. The first-order chi connectivity index (χ1) is 7.28. The third-order valence-corrected chi connectivity index (χ3v) is 2.40. The van der Waals surface area contributed by atoms with Crippen molar-refractivity contribution in [2.24, 2.45) is 5.73 Å². The van der Waals surface area contributed by atoms with Crippen LogP contribution in [0.3, 0.4) is 0 Å². The fraction of sp³-hybridized carbons (Fsp3) is 0.231. The lowest BCUT2D eigenvalue weighted by molar-refractivity contribution is 0.409. The number of methoxy groups -OCH3 is 1. The highest BCUT2D eigenvalue weighted by Crippen LogP contribution is 2.27. The van der Waals surface area contributed by atoms with E-state index in [1.165, 1.54) is 0 Å². The van der Waals surface area contributed by atoms with Crippen LogP contribution in [0.4, 0.5) is 0 Å². The second-order valence-electron chi connectivity index (χ2n) is 3.14. The number of nitrogens with two attached hydrogens (primary N) is 1. The van der Waals surface area contributed by atoms with Crippen LogP contribution in [0.5, 0.6) is 5.75 Å². The van der Waals surface area contributed by atoms with Crippen LogP contribution in [0.15, 0.2) is 36.9 Å². The second kappa shape index (κ2) is 5.37. The minimum atomic E-state index is 0.463. The van der Waals surface area contributed by atoms with Gasteiger partial charge in [0.15, 0.2) is 0 Å². The SMILES string of the molecule is C=C/C(=C\C)c1cccc(OC)c1CN. The molecule has 1 aromatic carbocycles. The third-order valence-electron chi connectivity index (χ3n) is 2.40. The van der Waals surface area contributed by atoms with Crippen LogP contribution in [-0.4, -0.2) is 7.11 Å². The van der Waals surface area contributed by atoms with E-state index in [1.807, 2.05) is 37.3 Å².